The molecule has 2 aromatic rings. The first-order valence-electron chi connectivity index (χ1n) is 8.93. The fourth-order valence-corrected chi connectivity index (χ4v) is 4.32. The summed E-state index contributed by atoms with van der Waals surface area (Å²) in [7, 11) is -2.27. The highest BCUT2D eigenvalue weighted by Gasteiger charge is 2.27. The fourth-order valence-electron chi connectivity index (χ4n) is 2.81. The molecule has 0 aliphatic heterocycles. The number of sulfonamides is 1. The number of amides is 1. The van der Waals surface area contributed by atoms with Gasteiger partial charge in [-0.05, 0) is 55.7 Å². The van der Waals surface area contributed by atoms with Gasteiger partial charge in [0.05, 0.1) is 11.4 Å². The molecule has 3 rings (SSSR count). The van der Waals surface area contributed by atoms with E-state index in [1.165, 1.54) is 19.2 Å². The van der Waals surface area contributed by atoms with Crippen LogP contribution in [0, 0.1) is 10.6 Å². The van der Waals surface area contributed by atoms with Crippen molar-refractivity contribution in [1.29, 1.82) is 0 Å². The summed E-state index contributed by atoms with van der Waals surface area (Å²) in [5.74, 6) is 0.00190. The molecule has 28 heavy (non-hydrogen) atoms. The molecule has 1 saturated carbocycles. The summed E-state index contributed by atoms with van der Waals surface area (Å²) in [4.78, 5) is 12.1. The highest BCUT2D eigenvalue weighted by Crippen LogP contribution is 2.35. The molecular formula is C17H22FN5O3S2. The molecule has 152 valence electrons. The van der Waals surface area contributed by atoms with E-state index in [0.29, 0.717) is 23.1 Å². The zero-order valence-electron chi connectivity index (χ0n) is 15.4. The van der Waals surface area contributed by atoms with Crippen LogP contribution in [0.3, 0.4) is 0 Å². The zero-order chi connectivity index (χ0) is 20.3. The molecular weight excluding hydrogens is 405 g/mol. The van der Waals surface area contributed by atoms with E-state index in [1.807, 2.05) is 4.57 Å². The van der Waals surface area contributed by atoms with Crippen LogP contribution in [0.15, 0.2) is 29.2 Å². The number of H-pyrrole nitrogens is 1. The van der Waals surface area contributed by atoms with Gasteiger partial charge in [-0.3, -0.25) is 14.5 Å². The van der Waals surface area contributed by atoms with E-state index in [2.05, 4.69) is 15.5 Å². The lowest BCUT2D eigenvalue weighted by Gasteiger charge is -2.17. The second-order valence-electron chi connectivity index (χ2n) is 6.71. The normalized spacial score (nSPS) is 14.4. The van der Waals surface area contributed by atoms with Crippen LogP contribution in [0.25, 0.3) is 0 Å². The van der Waals surface area contributed by atoms with Crippen LogP contribution in [-0.4, -0.2) is 47.0 Å². The van der Waals surface area contributed by atoms with E-state index >= 15 is 0 Å². The minimum atomic E-state index is -3.71. The largest absolute Gasteiger partial charge is 0.349 e. The zero-order valence-corrected chi connectivity index (χ0v) is 17.0. The van der Waals surface area contributed by atoms with Crippen LogP contribution in [-0.2, 0) is 21.4 Å². The summed E-state index contributed by atoms with van der Waals surface area (Å²) < 4.78 is 41.4. The quantitative estimate of drug-likeness (QED) is 0.597. The van der Waals surface area contributed by atoms with E-state index in [9.17, 15) is 17.6 Å². The Morgan fingerprint density at radius 1 is 1.39 bits per heavy atom. The first kappa shape index (κ1) is 20.6. The molecule has 1 fully saturated rings. The molecule has 1 aromatic heterocycles. The Balaban J connectivity index is 1.46. The van der Waals surface area contributed by atoms with Gasteiger partial charge in [0.25, 0.3) is 0 Å². The second kappa shape index (κ2) is 8.50. The van der Waals surface area contributed by atoms with Crippen molar-refractivity contribution in [3.05, 3.63) is 40.7 Å². The van der Waals surface area contributed by atoms with Crippen LogP contribution in [0.1, 0.15) is 37.5 Å². The molecule has 0 spiro atoms. The molecule has 1 amide bonds. The predicted octanol–water partition coefficient (Wildman–Crippen LogP) is 2.13. The minimum absolute atomic E-state index is 0.0173. The average Bonchev–Trinajstić information content (AvgIpc) is 3.42. The van der Waals surface area contributed by atoms with Gasteiger partial charge < -0.3 is 5.32 Å². The highest BCUT2D eigenvalue weighted by atomic mass is 32.2. The third kappa shape index (κ3) is 4.83. The lowest BCUT2D eigenvalue weighted by atomic mass is 10.3. The van der Waals surface area contributed by atoms with Crippen molar-refractivity contribution in [3.8, 4) is 0 Å². The number of hydrogen-bond acceptors (Lipinski definition) is 5. The van der Waals surface area contributed by atoms with Crippen LogP contribution < -0.4 is 5.32 Å². The molecule has 0 saturated heterocycles. The van der Waals surface area contributed by atoms with E-state index in [1.54, 1.807) is 0 Å². The number of benzene rings is 1. The summed E-state index contributed by atoms with van der Waals surface area (Å²) in [5.41, 5.74) is 0. The van der Waals surface area contributed by atoms with Gasteiger partial charge in [0.1, 0.15) is 5.82 Å². The van der Waals surface area contributed by atoms with Crippen molar-refractivity contribution in [3.63, 3.8) is 0 Å². The molecule has 1 aliphatic carbocycles. The summed E-state index contributed by atoms with van der Waals surface area (Å²) in [6.45, 7) is 0.445. The number of halogens is 1. The van der Waals surface area contributed by atoms with Gasteiger partial charge in [-0.2, -0.15) is 5.10 Å². The number of carbonyl (C=O) groups is 1. The molecule has 1 aliphatic rings. The number of aromatic amines is 1. The number of rotatable bonds is 9. The van der Waals surface area contributed by atoms with E-state index < -0.39 is 15.8 Å². The molecule has 0 bridgehead atoms. The number of nitrogens with zero attached hydrogens (tertiary/aromatic N) is 3. The Morgan fingerprint density at radius 3 is 2.71 bits per heavy atom. The van der Waals surface area contributed by atoms with Gasteiger partial charge in [-0.25, -0.2) is 17.1 Å². The van der Waals surface area contributed by atoms with Gasteiger partial charge in [0.15, 0.2) is 10.6 Å². The third-order valence-electron chi connectivity index (χ3n) is 4.53. The number of nitrogens with one attached hydrogen (secondary N) is 2. The number of carbonyl (C=O) groups excluding carboxylic acids is 1. The summed E-state index contributed by atoms with van der Waals surface area (Å²) in [6, 6.07) is 5.01. The summed E-state index contributed by atoms with van der Waals surface area (Å²) >= 11 is 5.20. The first-order chi connectivity index (χ1) is 13.3. The Hall–Kier alpha value is -2.11. The lowest BCUT2D eigenvalue weighted by Crippen LogP contribution is -2.30. The average molecular weight is 428 g/mol. The monoisotopic (exact) mass is 427 g/mol. The molecule has 1 aromatic carbocycles. The van der Waals surface area contributed by atoms with Crippen molar-refractivity contribution in [2.24, 2.45) is 0 Å². The van der Waals surface area contributed by atoms with Crippen LogP contribution in [0.2, 0.25) is 0 Å². The Morgan fingerprint density at radius 2 is 2.07 bits per heavy atom. The first-order valence-corrected chi connectivity index (χ1v) is 10.8. The molecule has 0 atom stereocenters. The maximum Gasteiger partial charge on any atom is 0.242 e. The maximum atomic E-state index is 13.0. The van der Waals surface area contributed by atoms with E-state index in [0.717, 1.165) is 29.3 Å². The topological polar surface area (TPSA) is 100 Å². The summed E-state index contributed by atoms with van der Waals surface area (Å²) in [5, 5.41) is 9.68. The van der Waals surface area contributed by atoms with Crippen molar-refractivity contribution in [2.75, 3.05) is 13.6 Å². The molecule has 0 unspecified atom stereocenters. The third-order valence-corrected chi connectivity index (χ3v) is 6.69. The molecule has 8 nitrogen and oxygen atoms in total. The maximum absolute atomic E-state index is 13.0. The van der Waals surface area contributed by atoms with Gasteiger partial charge in [-0.15, -0.1) is 0 Å². The van der Waals surface area contributed by atoms with E-state index in [-0.39, 0.29) is 30.3 Å². The molecule has 2 N–H and O–H groups in total. The van der Waals surface area contributed by atoms with Crippen molar-refractivity contribution < 1.29 is 17.6 Å². The van der Waals surface area contributed by atoms with E-state index in [4.69, 9.17) is 12.2 Å². The predicted molar refractivity (Wildman–Crippen MR) is 103 cm³/mol. The lowest BCUT2D eigenvalue weighted by molar-refractivity contribution is -0.121. The van der Waals surface area contributed by atoms with Crippen molar-refractivity contribution in [2.45, 2.75) is 43.2 Å². The van der Waals surface area contributed by atoms with Crippen LogP contribution >= 0.6 is 12.2 Å². The second-order valence-corrected chi connectivity index (χ2v) is 9.14. The van der Waals surface area contributed by atoms with Gasteiger partial charge in [-0.1, -0.05) is 0 Å². The number of aromatic nitrogens is 3. The Bertz CT molecular complexity index is 997. The van der Waals surface area contributed by atoms with Gasteiger partial charge in [0, 0.05) is 26.1 Å². The van der Waals surface area contributed by atoms with Gasteiger partial charge >= 0.3 is 0 Å². The fraction of sp³-hybridized carbons (Fsp3) is 0.471. The molecule has 1 heterocycles. The van der Waals surface area contributed by atoms with Crippen LogP contribution in [0.4, 0.5) is 4.39 Å². The van der Waals surface area contributed by atoms with Gasteiger partial charge in [0.2, 0.25) is 15.9 Å². The standard InChI is InChI=1S/C17H22FN5O3S2/c1-22(28(25,26)14-8-4-12(18)5-9-14)10-2-3-16(24)19-11-15-20-21-17(27)23(15)13-6-7-13/h4-5,8-9,13H,2-3,6-7,10-11H2,1H3,(H,19,24)(H,21,27). The smallest absolute Gasteiger partial charge is 0.242 e. The Labute approximate surface area is 167 Å². The Kier molecular flexibility index (Phi) is 6.26. The summed E-state index contributed by atoms with van der Waals surface area (Å²) in [6.07, 6.45) is 2.66. The van der Waals surface area contributed by atoms with Crippen molar-refractivity contribution >= 4 is 28.1 Å². The van der Waals surface area contributed by atoms with Crippen LogP contribution in [0.5, 0.6) is 0 Å². The molecule has 0 radical (unpaired) electrons. The SMILES string of the molecule is CN(CCCC(=O)NCc1n[nH]c(=S)n1C1CC1)S(=O)(=O)c1ccc(F)cc1. The highest BCUT2D eigenvalue weighted by molar-refractivity contribution is 7.89. The number of hydrogen-bond donors (Lipinski definition) is 2. The van der Waals surface area contributed by atoms with Crippen molar-refractivity contribution in [1.82, 2.24) is 24.4 Å². The minimum Gasteiger partial charge on any atom is -0.349 e. The molecule has 11 heteroatoms.